The largest absolute Gasteiger partial charge is 0.476 e. The Morgan fingerprint density at radius 2 is 2.10 bits per heavy atom. The van der Waals surface area contributed by atoms with Gasteiger partial charge in [-0.05, 0) is 39.0 Å². The van der Waals surface area contributed by atoms with Crippen molar-refractivity contribution in [1.82, 2.24) is 14.4 Å². The molecule has 0 aliphatic rings. The zero-order chi connectivity index (χ0) is 14.7. The number of nitrogens with one attached hydrogen (secondary N) is 1. The van der Waals surface area contributed by atoms with E-state index in [0.29, 0.717) is 10.4 Å². The minimum atomic E-state index is -1.05. The number of H-pyrrole nitrogens is 1. The van der Waals surface area contributed by atoms with Crippen molar-refractivity contribution in [3.63, 3.8) is 0 Å². The Balaban J connectivity index is 2.31. The molecule has 0 aliphatic carbocycles. The van der Waals surface area contributed by atoms with E-state index in [-0.39, 0.29) is 11.1 Å². The SMILES string of the molecule is CC(C)(C)c1ccc2c(c1)[nH]c1nc(C(=O)O)c(Br)n12. The Labute approximate surface area is 123 Å². The molecule has 0 amide bonds. The zero-order valence-electron chi connectivity index (χ0n) is 11.4. The molecule has 0 radical (unpaired) electrons. The predicted molar refractivity (Wildman–Crippen MR) is 80.4 cm³/mol. The molecule has 104 valence electrons. The first-order valence-electron chi connectivity index (χ1n) is 6.22. The van der Waals surface area contributed by atoms with E-state index in [0.717, 1.165) is 11.0 Å². The fourth-order valence-corrected chi connectivity index (χ4v) is 2.88. The van der Waals surface area contributed by atoms with Crippen LogP contribution in [0.3, 0.4) is 0 Å². The second kappa shape index (κ2) is 4.09. The van der Waals surface area contributed by atoms with Gasteiger partial charge in [0.15, 0.2) is 5.69 Å². The number of nitrogens with zero attached hydrogens (tertiary/aromatic N) is 2. The molecule has 2 aromatic heterocycles. The summed E-state index contributed by atoms with van der Waals surface area (Å²) in [5, 5.41) is 9.09. The van der Waals surface area contributed by atoms with Crippen LogP contribution in [0.1, 0.15) is 36.8 Å². The van der Waals surface area contributed by atoms with Gasteiger partial charge in [0.25, 0.3) is 0 Å². The minimum Gasteiger partial charge on any atom is -0.476 e. The van der Waals surface area contributed by atoms with Crippen LogP contribution in [-0.2, 0) is 5.41 Å². The molecule has 3 aromatic rings. The molecule has 5 nitrogen and oxygen atoms in total. The number of benzene rings is 1. The molecule has 0 aliphatic heterocycles. The number of carboxylic acid groups (broad SMARTS) is 1. The van der Waals surface area contributed by atoms with E-state index in [1.807, 2.05) is 6.07 Å². The first-order chi connectivity index (χ1) is 9.29. The Morgan fingerprint density at radius 3 is 2.70 bits per heavy atom. The van der Waals surface area contributed by atoms with Crippen LogP contribution in [0.15, 0.2) is 22.8 Å². The molecule has 0 unspecified atom stereocenters. The number of aromatic nitrogens is 3. The van der Waals surface area contributed by atoms with Gasteiger partial charge in [-0.3, -0.25) is 4.40 Å². The van der Waals surface area contributed by atoms with Crippen LogP contribution in [0.5, 0.6) is 0 Å². The van der Waals surface area contributed by atoms with Gasteiger partial charge in [0, 0.05) is 0 Å². The lowest BCUT2D eigenvalue weighted by molar-refractivity contribution is 0.0690. The molecule has 0 saturated carbocycles. The maximum Gasteiger partial charge on any atom is 0.357 e. The van der Waals surface area contributed by atoms with Crippen LogP contribution in [0.25, 0.3) is 16.8 Å². The van der Waals surface area contributed by atoms with Crippen LogP contribution in [0.4, 0.5) is 0 Å². The second-order valence-corrected chi connectivity index (χ2v) is 6.57. The molecule has 3 rings (SSSR count). The van der Waals surface area contributed by atoms with Gasteiger partial charge in [-0.25, -0.2) is 9.78 Å². The van der Waals surface area contributed by atoms with Crippen molar-refractivity contribution in [3.05, 3.63) is 34.1 Å². The molecule has 2 heterocycles. The highest BCUT2D eigenvalue weighted by Gasteiger charge is 2.20. The van der Waals surface area contributed by atoms with Crippen LogP contribution in [-0.4, -0.2) is 25.4 Å². The molecular formula is C14H14BrN3O2. The van der Waals surface area contributed by atoms with E-state index in [1.165, 1.54) is 5.56 Å². The van der Waals surface area contributed by atoms with Crippen molar-refractivity contribution in [2.24, 2.45) is 0 Å². The number of hydrogen-bond acceptors (Lipinski definition) is 2. The van der Waals surface area contributed by atoms with Gasteiger partial charge in [-0.1, -0.05) is 26.8 Å². The van der Waals surface area contributed by atoms with E-state index in [9.17, 15) is 4.79 Å². The summed E-state index contributed by atoms with van der Waals surface area (Å²) in [5.74, 6) is -0.524. The number of imidazole rings is 2. The lowest BCUT2D eigenvalue weighted by Gasteiger charge is -2.18. The number of aromatic amines is 1. The number of rotatable bonds is 1. The van der Waals surface area contributed by atoms with Gasteiger partial charge in [0.05, 0.1) is 11.0 Å². The molecule has 0 bridgehead atoms. The van der Waals surface area contributed by atoms with Crippen molar-refractivity contribution in [2.45, 2.75) is 26.2 Å². The molecule has 0 saturated heterocycles. The summed E-state index contributed by atoms with van der Waals surface area (Å²) in [4.78, 5) is 18.4. The smallest absolute Gasteiger partial charge is 0.357 e. The lowest BCUT2D eigenvalue weighted by Crippen LogP contribution is -2.10. The summed E-state index contributed by atoms with van der Waals surface area (Å²) in [6.07, 6.45) is 0. The van der Waals surface area contributed by atoms with E-state index in [1.54, 1.807) is 4.40 Å². The minimum absolute atomic E-state index is 0.0121. The Kier molecular flexibility index (Phi) is 2.69. The summed E-state index contributed by atoms with van der Waals surface area (Å²) in [6, 6.07) is 6.12. The topological polar surface area (TPSA) is 70.4 Å². The second-order valence-electron chi connectivity index (χ2n) is 5.82. The molecular weight excluding hydrogens is 322 g/mol. The van der Waals surface area contributed by atoms with Crippen LogP contribution < -0.4 is 0 Å². The third-order valence-electron chi connectivity index (χ3n) is 3.37. The molecule has 2 N–H and O–H groups in total. The monoisotopic (exact) mass is 335 g/mol. The number of halogens is 1. The van der Waals surface area contributed by atoms with Crippen molar-refractivity contribution in [3.8, 4) is 0 Å². The highest BCUT2D eigenvalue weighted by molar-refractivity contribution is 9.10. The molecule has 0 fully saturated rings. The summed E-state index contributed by atoms with van der Waals surface area (Å²) in [5.41, 5.74) is 3.13. The Bertz CT molecular complexity index is 839. The number of aromatic carboxylic acids is 1. The van der Waals surface area contributed by atoms with Gasteiger partial charge in [0.1, 0.15) is 4.60 Å². The van der Waals surface area contributed by atoms with Crippen LogP contribution in [0, 0.1) is 0 Å². The molecule has 1 aromatic carbocycles. The Morgan fingerprint density at radius 1 is 1.40 bits per heavy atom. The number of hydrogen-bond donors (Lipinski definition) is 2. The lowest BCUT2D eigenvalue weighted by atomic mass is 9.87. The summed E-state index contributed by atoms with van der Waals surface area (Å²) in [6.45, 7) is 6.46. The van der Waals surface area contributed by atoms with Crippen molar-refractivity contribution >= 4 is 38.7 Å². The molecule has 6 heteroatoms. The maximum absolute atomic E-state index is 11.1. The average molecular weight is 336 g/mol. The molecule has 0 spiro atoms. The van der Waals surface area contributed by atoms with Crippen molar-refractivity contribution in [1.29, 1.82) is 0 Å². The highest BCUT2D eigenvalue weighted by Crippen LogP contribution is 2.29. The van der Waals surface area contributed by atoms with Crippen molar-refractivity contribution < 1.29 is 9.90 Å². The summed E-state index contributed by atoms with van der Waals surface area (Å²) >= 11 is 3.31. The van der Waals surface area contributed by atoms with Gasteiger partial charge >= 0.3 is 5.97 Å². The number of fused-ring (bicyclic) bond motifs is 3. The van der Waals surface area contributed by atoms with E-state index in [4.69, 9.17) is 5.11 Å². The third kappa shape index (κ3) is 1.83. The quantitative estimate of drug-likeness (QED) is 0.714. The van der Waals surface area contributed by atoms with Gasteiger partial charge in [-0.2, -0.15) is 0 Å². The Hall–Kier alpha value is -1.82. The number of carbonyl (C=O) groups is 1. The van der Waals surface area contributed by atoms with Crippen LogP contribution in [0.2, 0.25) is 0 Å². The predicted octanol–water partition coefficient (Wildman–Crippen LogP) is 3.57. The highest BCUT2D eigenvalue weighted by atomic mass is 79.9. The van der Waals surface area contributed by atoms with Gasteiger partial charge < -0.3 is 10.1 Å². The fraction of sp³-hybridized carbons (Fsp3) is 0.286. The molecule has 20 heavy (non-hydrogen) atoms. The summed E-state index contributed by atoms with van der Waals surface area (Å²) in [7, 11) is 0. The van der Waals surface area contributed by atoms with E-state index < -0.39 is 5.97 Å². The van der Waals surface area contributed by atoms with Crippen molar-refractivity contribution in [2.75, 3.05) is 0 Å². The van der Waals surface area contributed by atoms with E-state index in [2.05, 4.69) is 58.8 Å². The summed E-state index contributed by atoms with van der Waals surface area (Å²) < 4.78 is 2.22. The first-order valence-corrected chi connectivity index (χ1v) is 7.02. The van der Waals surface area contributed by atoms with E-state index >= 15 is 0 Å². The number of carboxylic acids is 1. The van der Waals surface area contributed by atoms with Gasteiger partial charge in [-0.15, -0.1) is 0 Å². The maximum atomic E-state index is 11.1. The fourth-order valence-electron chi connectivity index (χ4n) is 2.26. The average Bonchev–Trinajstić information content (AvgIpc) is 2.84. The zero-order valence-corrected chi connectivity index (χ0v) is 12.9. The standard InChI is InChI=1S/C14H14BrN3O2/c1-14(2,3)7-4-5-9-8(6-7)16-13-17-10(12(19)20)11(15)18(9)13/h4-6H,1-3H3,(H,16,17)(H,19,20). The van der Waals surface area contributed by atoms with Gasteiger partial charge in [0.2, 0.25) is 5.78 Å². The molecule has 0 atom stereocenters. The third-order valence-corrected chi connectivity index (χ3v) is 4.10. The normalized spacial score (nSPS) is 12.4. The first kappa shape index (κ1) is 13.2. The van der Waals surface area contributed by atoms with Crippen LogP contribution >= 0.6 is 15.9 Å².